The number of aryl methyl sites for hydroxylation is 1. The molecule has 0 aliphatic rings. The minimum absolute atomic E-state index is 0.00218. The lowest BCUT2D eigenvalue weighted by atomic mass is 10.1. The molecule has 1 rings (SSSR count). The molecule has 1 aromatic heterocycles. The van der Waals surface area contributed by atoms with Gasteiger partial charge in [0, 0.05) is 30.6 Å². The summed E-state index contributed by atoms with van der Waals surface area (Å²) in [5.74, 6) is 0.773. The molecule has 1 heterocycles. The van der Waals surface area contributed by atoms with Gasteiger partial charge in [-0.2, -0.15) is 0 Å². The van der Waals surface area contributed by atoms with Crippen molar-refractivity contribution >= 4 is 0 Å². The normalized spacial score (nSPS) is 14.8. The van der Waals surface area contributed by atoms with Crippen LogP contribution in [0.15, 0.2) is 6.20 Å². The Morgan fingerprint density at radius 1 is 1.50 bits per heavy atom. The first-order valence-corrected chi connectivity index (χ1v) is 5.67. The van der Waals surface area contributed by atoms with E-state index in [9.17, 15) is 0 Å². The summed E-state index contributed by atoms with van der Waals surface area (Å²) in [6, 6.07) is 0.275. The monoisotopic (exact) mass is 223 g/mol. The SMILES string of the molecule is CCC(OC)c1ncc(C(C)NC)c(C)n1. The van der Waals surface area contributed by atoms with Crippen LogP contribution < -0.4 is 5.32 Å². The van der Waals surface area contributed by atoms with E-state index in [-0.39, 0.29) is 12.1 Å². The van der Waals surface area contributed by atoms with Crippen LogP contribution in [-0.2, 0) is 4.74 Å². The number of methoxy groups -OCH3 is 1. The molecule has 2 unspecified atom stereocenters. The second-order valence-electron chi connectivity index (χ2n) is 3.91. The maximum absolute atomic E-state index is 5.33. The molecule has 0 aliphatic heterocycles. The highest BCUT2D eigenvalue weighted by atomic mass is 16.5. The third-order valence-electron chi connectivity index (χ3n) is 2.88. The van der Waals surface area contributed by atoms with Crippen molar-refractivity contribution in [2.45, 2.75) is 39.3 Å². The molecule has 0 spiro atoms. The van der Waals surface area contributed by atoms with E-state index in [0.717, 1.165) is 23.5 Å². The number of nitrogens with zero attached hydrogens (tertiary/aromatic N) is 2. The van der Waals surface area contributed by atoms with E-state index in [1.807, 2.05) is 20.2 Å². The lowest BCUT2D eigenvalue weighted by Crippen LogP contribution is -2.16. The van der Waals surface area contributed by atoms with E-state index < -0.39 is 0 Å². The molecule has 0 bridgehead atoms. The van der Waals surface area contributed by atoms with Gasteiger partial charge >= 0.3 is 0 Å². The number of aromatic nitrogens is 2. The molecule has 0 amide bonds. The van der Waals surface area contributed by atoms with E-state index in [1.54, 1.807) is 7.11 Å². The summed E-state index contributed by atoms with van der Waals surface area (Å²) in [7, 11) is 3.62. The zero-order valence-electron chi connectivity index (χ0n) is 10.7. The molecule has 90 valence electrons. The Hall–Kier alpha value is -1.00. The Labute approximate surface area is 97.5 Å². The zero-order chi connectivity index (χ0) is 12.1. The summed E-state index contributed by atoms with van der Waals surface area (Å²) in [5, 5.41) is 3.19. The van der Waals surface area contributed by atoms with Crippen molar-refractivity contribution in [1.29, 1.82) is 0 Å². The minimum atomic E-state index is -0.00218. The number of rotatable bonds is 5. The van der Waals surface area contributed by atoms with Crippen LogP contribution >= 0.6 is 0 Å². The fourth-order valence-electron chi connectivity index (χ4n) is 1.68. The van der Waals surface area contributed by atoms with Crippen LogP contribution in [0, 0.1) is 6.92 Å². The summed E-state index contributed by atoms with van der Waals surface area (Å²) in [6.45, 7) is 6.17. The molecule has 4 nitrogen and oxygen atoms in total. The van der Waals surface area contributed by atoms with Crippen molar-refractivity contribution in [1.82, 2.24) is 15.3 Å². The standard InChI is InChI=1S/C12H21N3O/c1-6-11(16-5)12-14-7-10(8(2)13-4)9(3)15-12/h7-8,11,13H,6H2,1-5H3. The molecule has 0 fully saturated rings. The van der Waals surface area contributed by atoms with Crippen molar-refractivity contribution < 1.29 is 4.74 Å². The number of hydrogen-bond donors (Lipinski definition) is 1. The van der Waals surface area contributed by atoms with Crippen LogP contribution in [0.2, 0.25) is 0 Å². The summed E-state index contributed by atoms with van der Waals surface area (Å²) in [6.07, 6.45) is 2.77. The fraction of sp³-hybridized carbons (Fsp3) is 0.667. The van der Waals surface area contributed by atoms with Gasteiger partial charge in [0.1, 0.15) is 6.10 Å². The topological polar surface area (TPSA) is 47.0 Å². The molecule has 16 heavy (non-hydrogen) atoms. The van der Waals surface area contributed by atoms with Crippen molar-refractivity contribution in [3.63, 3.8) is 0 Å². The Balaban J connectivity index is 2.98. The van der Waals surface area contributed by atoms with Gasteiger partial charge in [-0.15, -0.1) is 0 Å². The fourth-order valence-corrected chi connectivity index (χ4v) is 1.68. The van der Waals surface area contributed by atoms with Crippen molar-refractivity contribution in [3.05, 3.63) is 23.3 Å². The first-order valence-electron chi connectivity index (χ1n) is 5.67. The minimum Gasteiger partial charge on any atom is -0.373 e. The largest absolute Gasteiger partial charge is 0.373 e. The third kappa shape index (κ3) is 2.77. The Morgan fingerprint density at radius 2 is 2.19 bits per heavy atom. The second kappa shape index (κ2) is 5.92. The van der Waals surface area contributed by atoms with Crippen LogP contribution in [-0.4, -0.2) is 24.1 Å². The molecular weight excluding hydrogens is 202 g/mol. The van der Waals surface area contributed by atoms with Gasteiger partial charge in [0.05, 0.1) is 0 Å². The molecule has 0 saturated carbocycles. The van der Waals surface area contributed by atoms with E-state index in [4.69, 9.17) is 4.74 Å². The first-order chi connectivity index (χ1) is 7.63. The van der Waals surface area contributed by atoms with Gasteiger partial charge in [-0.3, -0.25) is 0 Å². The molecule has 2 atom stereocenters. The predicted octanol–water partition coefficient (Wildman–Crippen LogP) is 2.16. The smallest absolute Gasteiger partial charge is 0.157 e. The lowest BCUT2D eigenvalue weighted by molar-refractivity contribution is 0.0923. The predicted molar refractivity (Wildman–Crippen MR) is 64.3 cm³/mol. The average Bonchev–Trinajstić information content (AvgIpc) is 2.30. The molecule has 0 radical (unpaired) electrons. The van der Waals surface area contributed by atoms with Crippen LogP contribution in [0.5, 0.6) is 0 Å². The Bertz CT molecular complexity index is 337. The molecule has 0 aliphatic carbocycles. The Morgan fingerprint density at radius 3 is 2.62 bits per heavy atom. The summed E-state index contributed by atoms with van der Waals surface area (Å²) < 4.78 is 5.33. The van der Waals surface area contributed by atoms with Crippen LogP contribution in [0.25, 0.3) is 0 Å². The highest BCUT2D eigenvalue weighted by Gasteiger charge is 2.14. The highest BCUT2D eigenvalue weighted by molar-refractivity contribution is 5.20. The first kappa shape index (κ1) is 13.1. The quantitative estimate of drug-likeness (QED) is 0.831. The van der Waals surface area contributed by atoms with Gasteiger partial charge in [-0.25, -0.2) is 9.97 Å². The number of hydrogen-bond acceptors (Lipinski definition) is 4. The van der Waals surface area contributed by atoms with Crippen LogP contribution in [0.1, 0.15) is 49.5 Å². The van der Waals surface area contributed by atoms with Crippen LogP contribution in [0.3, 0.4) is 0 Å². The molecule has 0 aromatic carbocycles. The van der Waals surface area contributed by atoms with E-state index in [0.29, 0.717) is 0 Å². The Kier molecular flexibility index (Phi) is 4.83. The summed E-state index contributed by atoms with van der Waals surface area (Å²) in [4.78, 5) is 8.88. The van der Waals surface area contributed by atoms with Crippen LogP contribution in [0.4, 0.5) is 0 Å². The van der Waals surface area contributed by atoms with E-state index >= 15 is 0 Å². The molecule has 1 N–H and O–H groups in total. The van der Waals surface area contributed by atoms with Crippen molar-refractivity contribution in [2.24, 2.45) is 0 Å². The van der Waals surface area contributed by atoms with Crippen molar-refractivity contribution in [3.8, 4) is 0 Å². The number of nitrogens with one attached hydrogen (secondary N) is 1. The third-order valence-corrected chi connectivity index (χ3v) is 2.88. The summed E-state index contributed by atoms with van der Waals surface area (Å²) in [5.41, 5.74) is 2.15. The highest BCUT2D eigenvalue weighted by Crippen LogP contribution is 2.19. The second-order valence-corrected chi connectivity index (χ2v) is 3.91. The zero-order valence-corrected chi connectivity index (χ0v) is 10.7. The van der Waals surface area contributed by atoms with E-state index in [1.165, 1.54) is 0 Å². The van der Waals surface area contributed by atoms with Gasteiger partial charge in [-0.1, -0.05) is 6.92 Å². The summed E-state index contributed by atoms with van der Waals surface area (Å²) >= 11 is 0. The lowest BCUT2D eigenvalue weighted by Gasteiger charge is -2.16. The van der Waals surface area contributed by atoms with Gasteiger partial charge in [0.2, 0.25) is 0 Å². The molecule has 0 saturated heterocycles. The van der Waals surface area contributed by atoms with Gasteiger partial charge in [0.25, 0.3) is 0 Å². The van der Waals surface area contributed by atoms with E-state index in [2.05, 4.69) is 29.1 Å². The molecule has 4 heteroatoms. The van der Waals surface area contributed by atoms with Gasteiger partial charge in [-0.05, 0) is 27.3 Å². The molecule has 1 aromatic rings. The number of ether oxygens (including phenoxy) is 1. The van der Waals surface area contributed by atoms with Gasteiger partial charge in [0.15, 0.2) is 5.82 Å². The maximum atomic E-state index is 5.33. The van der Waals surface area contributed by atoms with Gasteiger partial charge < -0.3 is 10.1 Å². The molecular formula is C12H21N3O. The maximum Gasteiger partial charge on any atom is 0.157 e. The average molecular weight is 223 g/mol. The van der Waals surface area contributed by atoms with Crippen molar-refractivity contribution in [2.75, 3.05) is 14.2 Å².